The zero-order valence-electron chi connectivity index (χ0n) is 15.6. The number of anilines is 1. The fourth-order valence-corrected chi connectivity index (χ4v) is 7.86. The van der Waals surface area contributed by atoms with Crippen molar-refractivity contribution < 1.29 is 18.4 Å². The van der Waals surface area contributed by atoms with Gasteiger partial charge in [-0.15, -0.1) is 0 Å². The summed E-state index contributed by atoms with van der Waals surface area (Å²) in [6, 6.07) is 12.0. The molecule has 0 bridgehead atoms. The molecule has 1 aliphatic carbocycles. The number of benzene rings is 2. The molecule has 28 heavy (non-hydrogen) atoms. The lowest BCUT2D eigenvalue weighted by Gasteiger charge is -2.37. The molecule has 0 fully saturated rings. The lowest BCUT2D eigenvalue weighted by molar-refractivity contribution is -0.110. The molecule has 0 spiro atoms. The van der Waals surface area contributed by atoms with Gasteiger partial charge in [-0.25, -0.2) is 8.42 Å². The van der Waals surface area contributed by atoms with E-state index < -0.39 is 18.2 Å². The minimum Gasteiger partial charge on any atom is -0.744 e. The van der Waals surface area contributed by atoms with Crippen molar-refractivity contribution >= 4 is 40.4 Å². The standard InChI is InChI=1S/C21H20N2O3SSi/c1-28(2)19-11-13(22)7-9-16(19)21(17-10-8-14(23)12-20(17)28)15-5-3-4-6-18(15)27(24,25)26/h3-12,22H,23H2,1-2H3,(H,24,25,26). The van der Waals surface area contributed by atoms with Crippen LogP contribution >= 0.6 is 0 Å². The Morgan fingerprint density at radius 1 is 1.04 bits per heavy atom. The van der Waals surface area contributed by atoms with Crippen LogP contribution in [0.3, 0.4) is 0 Å². The van der Waals surface area contributed by atoms with Crippen LogP contribution in [0.25, 0.3) is 5.57 Å². The maximum Gasteiger partial charge on any atom is 0.196 e. The Morgan fingerprint density at radius 3 is 2.46 bits per heavy atom. The predicted molar refractivity (Wildman–Crippen MR) is 113 cm³/mol. The minimum absolute atomic E-state index is 0.225. The highest BCUT2D eigenvalue weighted by atomic mass is 32.2. The molecule has 7 heteroatoms. The van der Waals surface area contributed by atoms with Gasteiger partial charge in [0.1, 0.15) is 18.2 Å². The Labute approximate surface area is 165 Å². The molecule has 0 unspecified atom stereocenters. The summed E-state index contributed by atoms with van der Waals surface area (Å²) in [5, 5.41) is 8.27. The monoisotopic (exact) mass is 408 g/mol. The number of nitrogen functional groups attached to an aromatic ring is 1. The summed E-state index contributed by atoms with van der Waals surface area (Å²) in [5.41, 5.74) is 10.3. The maximum atomic E-state index is 12.0. The Morgan fingerprint density at radius 2 is 1.75 bits per heavy atom. The van der Waals surface area contributed by atoms with Crippen LogP contribution in [0.4, 0.5) is 5.69 Å². The van der Waals surface area contributed by atoms with Crippen molar-refractivity contribution in [2.45, 2.75) is 18.0 Å². The number of fused-ring (bicyclic) bond motifs is 2. The van der Waals surface area contributed by atoms with Gasteiger partial charge in [-0.05, 0) is 51.4 Å². The topological polar surface area (TPSA) is 109 Å². The summed E-state index contributed by atoms with van der Waals surface area (Å²) < 4.78 is 35.9. The molecule has 0 radical (unpaired) electrons. The highest BCUT2D eigenvalue weighted by Crippen LogP contribution is 2.42. The Hall–Kier alpha value is -2.74. The van der Waals surface area contributed by atoms with E-state index in [2.05, 4.69) is 13.1 Å². The van der Waals surface area contributed by atoms with E-state index in [1.165, 1.54) is 6.07 Å². The van der Waals surface area contributed by atoms with Gasteiger partial charge >= 0.3 is 0 Å². The third-order valence-corrected chi connectivity index (χ3v) is 9.81. The second-order valence-corrected chi connectivity index (χ2v) is 13.2. The van der Waals surface area contributed by atoms with Crippen molar-refractivity contribution in [2.24, 2.45) is 0 Å². The van der Waals surface area contributed by atoms with Crippen LogP contribution in [-0.2, 0) is 10.1 Å². The second kappa shape index (κ2) is 6.13. The lowest BCUT2D eigenvalue weighted by atomic mass is 9.89. The summed E-state index contributed by atoms with van der Waals surface area (Å²) in [5.74, 6) is 0. The molecule has 142 valence electrons. The molecule has 1 aliphatic heterocycles. The molecular weight excluding hydrogens is 388 g/mol. The molecule has 2 aromatic rings. The van der Waals surface area contributed by atoms with Crippen LogP contribution < -0.4 is 16.3 Å². The van der Waals surface area contributed by atoms with Gasteiger partial charge in [-0.2, -0.15) is 0 Å². The minimum atomic E-state index is -4.64. The molecule has 0 saturated heterocycles. The molecule has 2 aliphatic rings. The zero-order chi connectivity index (χ0) is 20.3. The van der Waals surface area contributed by atoms with Crippen molar-refractivity contribution in [3.63, 3.8) is 0 Å². The zero-order valence-corrected chi connectivity index (χ0v) is 17.4. The van der Waals surface area contributed by atoms with Crippen molar-refractivity contribution in [1.29, 1.82) is 0 Å². The summed E-state index contributed by atoms with van der Waals surface area (Å²) >= 11 is 0. The summed E-state index contributed by atoms with van der Waals surface area (Å²) in [7, 11) is -6.78. The summed E-state index contributed by atoms with van der Waals surface area (Å²) in [6.45, 7) is 4.44. The van der Waals surface area contributed by atoms with Crippen LogP contribution in [0.15, 0.2) is 76.4 Å². The molecule has 0 aromatic heterocycles. The predicted octanol–water partition coefficient (Wildman–Crippen LogP) is 1.14. The molecular formula is C21H20N2O3SSi. The average Bonchev–Trinajstić information content (AvgIpc) is 2.63. The van der Waals surface area contributed by atoms with Crippen molar-refractivity contribution in [3.8, 4) is 0 Å². The smallest absolute Gasteiger partial charge is 0.196 e. The molecule has 2 aromatic carbocycles. The van der Waals surface area contributed by atoms with Gasteiger partial charge in [0.25, 0.3) is 0 Å². The van der Waals surface area contributed by atoms with Crippen LogP contribution in [-0.4, -0.2) is 26.8 Å². The van der Waals surface area contributed by atoms with Gasteiger partial charge in [0.2, 0.25) is 0 Å². The molecule has 4 N–H and O–H groups in total. The number of hydrogen-bond donors (Lipinski definition) is 2. The van der Waals surface area contributed by atoms with Gasteiger partial charge in [-0.3, -0.25) is 5.41 Å². The van der Waals surface area contributed by atoms with Gasteiger partial charge < -0.3 is 10.3 Å². The highest BCUT2D eigenvalue weighted by molar-refractivity contribution is 7.85. The first-order valence-electron chi connectivity index (χ1n) is 8.83. The van der Waals surface area contributed by atoms with Gasteiger partial charge in [0.15, 0.2) is 5.71 Å². The van der Waals surface area contributed by atoms with Crippen LogP contribution in [0.5, 0.6) is 0 Å². The highest BCUT2D eigenvalue weighted by Gasteiger charge is 2.40. The van der Waals surface area contributed by atoms with E-state index in [9.17, 15) is 13.0 Å². The molecule has 5 nitrogen and oxygen atoms in total. The fourth-order valence-electron chi connectivity index (χ4n) is 4.07. The number of nitrogens with two attached hydrogens (primary N) is 2. The third kappa shape index (κ3) is 2.79. The quantitative estimate of drug-likeness (QED) is 0.441. The lowest BCUT2D eigenvalue weighted by Crippen LogP contribution is -2.50. The van der Waals surface area contributed by atoms with E-state index in [0.29, 0.717) is 17.0 Å². The largest absolute Gasteiger partial charge is 0.744 e. The number of rotatable bonds is 2. The van der Waals surface area contributed by atoms with E-state index in [-0.39, 0.29) is 4.90 Å². The average molecular weight is 409 g/mol. The molecule has 1 heterocycles. The fraction of sp³-hybridized carbons (Fsp3) is 0.0952. The van der Waals surface area contributed by atoms with E-state index in [1.54, 1.807) is 30.3 Å². The van der Waals surface area contributed by atoms with Gasteiger partial charge in [0.05, 0.1) is 4.90 Å². The van der Waals surface area contributed by atoms with Crippen molar-refractivity contribution in [3.05, 3.63) is 82.6 Å². The maximum absolute atomic E-state index is 12.0. The van der Waals surface area contributed by atoms with E-state index in [0.717, 1.165) is 27.1 Å². The van der Waals surface area contributed by atoms with Crippen LogP contribution in [0, 0.1) is 0 Å². The first-order chi connectivity index (χ1) is 13.1. The van der Waals surface area contributed by atoms with Crippen molar-refractivity contribution in [2.75, 3.05) is 5.73 Å². The molecule has 0 amide bonds. The third-order valence-electron chi connectivity index (χ3n) is 5.40. The molecule has 4 rings (SSSR count). The number of hydrogen-bond acceptors (Lipinski definition) is 4. The van der Waals surface area contributed by atoms with E-state index in [4.69, 9.17) is 11.1 Å². The van der Waals surface area contributed by atoms with Crippen molar-refractivity contribution in [1.82, 2.24) is 0 Å². The van der Waals surface area contributed by atoms with E-state index >= 15 is 0 Å². The van der Waals surface area contributed by atoms with Crippen LogP contribution in [0.2, 0.25) is 13.1 Å². The number of allylic oxidation sites excluding steroid dienone is 5. The van der Waals surface area contributed by atoms with Gasteiger partial charge in [0, 0.05) is 23.4 Å². The molecule has 0 atom stereocenters. The Balaban J connectivity index is 2.17. The molecule has 0 saturated carbocycles. The first-order valence-corrected chi connectivity index (χ1v) is 13.2. The Kier molecular flexibility index (Phi) is 4.08. The first kappa shape index (κ1) is 18.6. The summed E-state index contributed by atoms with van der Waals surface area (Å²) in [4.78, 5) is -0.225. The second-order valence-electron chi connectivity index (χ2n) is 7.56. The Bertz CT molecular complexity index is 1240. The SMILES string of the molecule is C[Si]1(C)C2=CC(=[NH2+])C=CC2=C(c2ccccc2S(=O)(=O)[O-])c2ccc(N)cc21. The van der Waals surface area contributed by atoms with Gasteiger partial charge in [-0.1, -0.05) is 37.4 Å². The summed E-state index contributed by atoms with van der Waals surface area (Å²) in [6.07, 6.45) is 5.68. The van der Waals surface area contributed by atoms with Crippen LogP contribution in [0.1, 0.15) is 11.1 Å². The normalized spacial score (nSPS) is 17.8. The van der Waals surface area contributed by atoms with E-state index in [1.807, 2.05) is 24.3 Å².